The molecule has 0 saturated carbocycles. The lowest BCUT2D eigenvalue weighted by atomic mass is 10.1. The molecule has 0 saturated heterocycles. The SMILES string of the molecule is CCCCN(CCCC)C(=O)c1cccc(C)c1I. The largest absolute Gasteiger partial charge is 0.339 e. The van der Waals surface area contributed by atoms with Gasteiger partial charge in [-0.15, -0.1) is 0 Å². The molecule has 0 fully saturated rings. The van der Waals surface area contributed by atoms with E-state index in [2.05, 4.69) is 49.4 Å². The molecular formula is C16H24INO. The van der Waals surface area contributed by atoms with Gasteiger partial charge in [0.2, 0.25) is 0 Å². The fourth-order valence-corrected chi connectivity index (χ4v) is 2.59. The normalized spacial score (nSPS) is 10.5. The van der Waals surface area contributed by atoms with Crippen LogP contribution in [0, 0.1) is 10.5 Å². The van der Waals surface area contributed by atoms with Crippen LogP contribution in [0.3, 0.4) is 0 Å². The molecule has 0 aliphatic heterocycles. The van der Waals surface area contributed by atoms with E-state index in [4.69, 9.17) is 0 Å². The van der Waals surface area contributed by atoms with Crippen LogP contribution in [-0.4, -0.2) is 23.9 Å². The minimum atomic E-state index is 0.190. The Hall–Kier alpha value is -0.580. The van der Waals surface area contributed by atoms with Crippen LogP contribution in [0.25, 0.3) is 0 Å². The summed E-state index contributed by atoms with van der Waals surface area (Å²) in [5.74, 6) is 0.190. The zero-order valence-corrected chi connectivity index (χ0v) is 14.4. The summed E-state index contributed by atoms with van der Waals surface area (Å²) in [6, 6.07) is 5.98. The van der Waals surface area contributed by atoms with Crippen molar-refractivity contribution < 1.29 is 4.79 Å². The Morgan fingerprint density at radius 2 is 1.74 bits per heavy atom. The van der Waals surface area contributed by atoms with E-state index in [1.54, 1.807) is 0 Å². The zero-order chi connectivity index (χ0) is 14.3. The van der Waals surface area contributed by atoms with Crippen molar-refractivity contribution in [2.75, 3.05) is 13.1 Å². The number of carbonyl (C=O) groups excluding carboxylic acids is 1. The molecule has 1 amide bonds. The first-order chi connectivity index (χ1) is 9.11. The van der Waals surface area contributed by atoms with Gasteiger partial charge in [0.15, 0.2) is 0 Å². The van der Waals surface area contributed by atoms with Gasteiger partial charge in [0.25, 0.3) is 5.91 Å². The highest BCUT2D eigenvalue weighted by Crippen LogP contribution is 2.19. The van der Waals surface area contributed by atoms with Crippen LogP contribution in [0.2, 0.25) is 0 Å². The number of unbranched alkanes of at least 4 members (excludes halogenated alkanes) is 2. The van der Waals surface area contributed by atoms with E-state index in [9.17, 15) is 4.79 Å². The third-order valence-electron chi connectivity index (χ3n) is 3.27. The number of hydrogen-bond donors (Lipinski definition) is 0. The standard InChI is InChI=1S/C16H24INO/c1-4-6-11-18(12-7-5-2)16(19)14-10-8-9-13(3)15(14)17/h8-10H,4-7,11-12H2,1-3H3. The highest BCUT2D eigenvalue weighted by molar-refractivity contribution is 14.1. The van der Waals surface area contributed by atoms with E-state index >= 15 is 0 Å². The van der Waals surface area contributed by atoms with E-state index in [1.807, 2.05) is 17.0 Å². The van der Waals surface area contributed by atoms with Crippen LogP contribution in [0.4, 0.5) is 0 Å². The molecule has 0 aromatic heterocycles. The first-order valence-corrected chi connectivity index (χ1v) is 8.24. The summed E-state index contributed by atoms with van der Waals surface area (Å²) in [5, 5.41) is 0. The van der Waals surface area contributed by atoms with Crippen molar-refractivity contribution in [2.24, 2.45) is 0 Å². The number of amides is 1. The Morgan fingerprint density at radius 1 is 1.16 bits per heavy atom. The molecule has 0 radical (unpaired) electrons. The molecule has 1 aromatic rings. The van der Waals surface area contributed by atoms with Crippen molar-refractivity contribution in [1.29, 1.82) is 0 Å². The number of nitrogens with zero attached hydrogens (tertiary/aromatic N) is 1. The van der Waals surface area contributed by atoms with Gasteiger partial charge in [-0.25, -0.2) is 0 Å². The van der Waals surface area contributed by atoms with E-state index in [0.29, 0.717) is 0 Å². The molecule has 19 heavy (non-hydrogen) atoms. The van der Waals surface area contributed by atoms with Gasteiger partial charge in [-0.1, -0.05) is 38.8 Å². The van der Waals surface area contributed by atoms with E-state index in [1.165, 1.54) is 5.56 Å². The van der Waals surface area contributed by atoms with Crippen LogP contribution < -0.4 is 0 Å². The first-order valence-electron chi connectivity index (χ1n) is 7.16. The van der Waals surface area contributed by atoms with E-state index < -0.39 is 0 Å². The van der Waals surface area contributed by atoms with Crippen molar-refractivity contribution in [2.45, 2.75) is 46.5 Å². The second-order valence-electron chi connectivity index (χ2n) is 4.94. The maximum absolute atomic E-state index is 12.7. The first kappa shape index (κ1) is 16.5. The predicted molar refractivity (Wildman–Crippen MR) is 89.6 cm³/mol. The molecule has 0 aliphatic carbocycles. The summed E-state index contributed by atoms with van der Waals surface area (Å²) in [7, 11) is 0. The highest BCUT2D eigenvalue weighted by Gasteiger charge is 2.17. The molecule has 3 heteroatoms. The maximum atomic E-state index is 12.7. The molecule has 0 spiro atoms. The summed E-state index contributed by atoms with van der Waals surface area (Å²) >= 11 is 2.28. The number of aryl methyl sites for hydroxylation is 1. The summed E-state index contributed by atoms with van der Waals surface area (Å²) in [5.41, 5.74) is 2.03. The van der Waals surface area contributed by atoms with Crippen LogP contribution in [0.15, 0.2) is 18.2 Å². The van der Waals surface area contributed by atoms with Gasteiger partial charge in [0, 0.05) is 16.7 Å². The molecule has 0 unspecified atom stereocenters. The topological polar surface area (TPSA) is 20.3 Å². The van der Waals surface area contributed by atoms with Gasteiger partial charge >= 0.3 is 0 Å². The lowest BCUT2D eigenvalue weighted by Crippen LogP contribution is -2.33. The molecule has 1 aromatic carbocycles. The molecule has 106 valence electrons. The van der Waals surface area contributed by atoms with Crippen molar-refractivity contribution in [3.8, 4) is 0 Å². The van der Waals surface area contributed by atoms with Crippen molar-refractivity contribution in [3.05, 3.63) is 32.9 Å². The van der Waals surface area contributed by atoms with Gasteiger partial charge in [-0.2, -0.15) is 0 Å². The Morgan fingerprint density at radius 3 is 2.26 bits per heavy atom. The minimum absolute atomic E-state index is 0.190. The number of rotatable bonds is 7. The summed E-state index contributed by atoms with van der Waals surface area (Å²) in [6.45, 7) is 8.14. The summed E-state index contributed by atoms with van der Waals surface area (Å²) in [6.07, 6.45) is 4.41. The van der Waals surface area contributed by atoms with Crippen LogP contribution in [0.1, 0.15) is 55.5 Å². The lowest BCUT2D eigenvalue weighted by molar-refractivity contribution is 0.0750. The average molecular weight is 373 g/mol. The average Bonchev–Trinajstić information content (AvgIpc) is 2.41. The fraction of sp³-hybridized carbons (Fsp3) is 0.562. The highest BCUT2D eigenvalue weighted by atomic mass is 127. The summed E-state index contributed by atoms with van der Waals surface area (Å²) in [4.78, 5) is 14.7. The Kier molecular flexibility index (Phi) is 7.42. The number of halogens is 1. The van der Waals surface area contributed by atoms with Gasteiger partial charge < -0.3 is 4.90 Å². The van der Waals surface area contributed by atoms with Gasteiger partial charge in [-0.3, -0.25) is 4.79 Å². The number of carbonyl (C=O) groups is 1. The molecule has 0 heterocycles. The molecule has 0 aliphatic rings. The van der Waals surface area contributed by atoms with Crippen LogP contribution in [0.5, 0.6) is 0 Å². The molecule has 2 nitrogen and oxygen atoms in total. The Labute approximate surface area is 130 Å². The van der Waals surface area contributed by atoms with E-state index in [-0.39, 0.29) is 5.91 Å². The van der Waals surface area contributed by atoms with Crippen LogP contribution in [-0.2, 0) is 0 Å². The van der Waals surface area contributed by atoms with Crippen molar-refractivity contribution >= 4 is 28.5 Å². The second-order valence-corrected chi connectivity index (χ2v) is 6.01. The second kappa shape index (κ2) is 8.56. The fourth-order valence-electron chi connectivity index (χ4n) is 2.00. The molecule has 1 rings (SSSR count). The number of benzene rings is 1. The maximum Gasteiger partial charge on any atom is 0.254 e. The lowest BCUT2D eigenvalue weighted by Gasteiger charge is -2.23. The Balaban J connectivity index is 2.87. The Bertz CT molecular complexity index is 409. The number of hydrogen-bond acceptors (Lipinski definition) is 1. The van der Waals surface area contributed by atoms with Crippen molar-refractivity contribution in [3.63, 3.8) is 0 Å². The van der Waals surface area contributed by atoms with Gasteiger partial charge in [0.1, 0.15) is 0 Å². The van der Waals surface area contributed by atoms with Gasteiger partial charge in [0.05, 0.1) is 5.56 Å². The van der Waals surface area contributed by atoms with Crippen LogP contribution >= 0.6 is 22.6 Å². The summed E-state index contributed by atoms with van der Waals surface area (Å²) < 4.78 is 1.09. The zero-order valence-electron chi connectivity index (χ0n) is 12.2. The minimum Gasteiger partial charge on any atom is -0.339 e. The predicted octanol–water partition coefficient (Wildman–Crippen LogP) is 4.64. The van der Waals surface area contributed by atoms with Gasteiger partial charge in [-0.05, 0) is 54.0 Å². The molecule has 0 atom stereocenters. The quantitative estimate of drug-likeness (QED) is 0.638. The third-order valence-corrected chi connectivity index (χ3v) is 4.70. The van der Waals surface area contributed by atoms with E-state index in [0.717, 1.165) is 47.9 Å². The monoisotopic (exact) mass is 373 g/mol. The third kappa shape index (κ3) is 4.79. The molecule has 0 N–H and O–H groups in total. The molecular weight excluding hydrogens is 349 g/mol. The molecule has 0 bridgehead atoms. The smallest absolute Gasteiger partial charge is 0.254 e. The van der Waals surface area contributed by atoms with Crippen molar-refractivity contribution in [1.82, 2.24) is 4.90 Å².